The van der Waals surface area contributed by atoms with Gasteiger partial charge in [-0.1, -0.05) is 29.3 Å². The van der Waals surface area contributed by atoms with Crippen LogP contribution >= 0.6 is 23.2 Å². The van der Waals surface area contributed by atoms with E-state index in [2.05, 4.69) is 0 Å². The summed E-state index contributed by atoms with van der Waals surface area (Å²) >= 11 is 11.9. The molecule has 1 aromatic rings. The van der Waals surface area contributed by atoms with E-state index in [4.69, 9.17) is 33.7 Å². The minimum atomic E-state index is -0.513. The second-order valence-corrected chi connectivity index (χ2v) is 5.52. The molecule has 2 N–H and O–H groups in total. The maximum Gasteiger partial charge on any atom is 0.239 e. The summed E-state index contributed by atoms with van der Waals surface area (Å²) in [5.74, 6) is -0.105. The molecular formula is C14H20Cl2N2O2. The third kappa shape index (κ3) is 5.29. The first-order chi connectivity index (χ1) is 9.45. The third-order valence-corrected chi connectivity index (χ3v) is 3.57. The van der Waals surface area contributed by atoms with Crippen molar-refractivity contribution in [3.05, 3.63) is 33.8 Å². The number of hydrogen-bond donors (Lipinski definition) is 1. The fourth-order valence-electron chi connectivity index (χ4n) is 1.84. The number of methoxy groups -OCH3 is 1. The zero-order chi connectivity index (χ0) is 15.1. The van der Waals surface area contributed by atoms with E-state index in [1.165, 1.54) is 0 Å². The lowest BCUT2D eigenvalue weighted by Gasteiger charge is -2.22. The molecule has 6 heteroatoms. The van der Waals surface area contributed by atoms with Crippen LogP contribution in [-0.2, 0) is 16.1 Å². The van der Waals surface area contributed by atoms with Crippen LogP contribution in [0, 0.1) is 0 Å². The highest BCUT2D eigenvalue weighted by molar-refractivity contribution is 6.35. The van der Waals surface area contributed by atoms with Gasteiger partial charge in [0.25, 0.3) is 0 Å². The molecule has 0 aliphatic carbocycles. The Bertz CT molecular complexity index is 455. The summed E-state index contributed by atoms with van der Waals surface area (Å²) in [6.07, 6.45) is 1.37. The van der Waals surface area contributed by atoms with Crippen LogP contribution in [0.5, 0.6) is 0 Å². The Kier molecular flexibility index (Phi) is 7.30. The minimum absolute atomic E-state index is 0.105. The molecule has 1 amide bonds. The average molecular weight is 319 g/mol. The standard InChI is InChI=1S/C14H20Cl2N2O2/c1-18(14(19)13(17)4-3-7-20-2)9-10-5-6-11(15)8-12(10)16/h5-6,8,13H,3-4,7,9,17H2,1-2H3. The normalized spacial score (nSPS) is 12.2. The average Bonchev–Trinajstić information content (AvgIpc) is 2.41. The molecule has 0 radical (unpaired) electrons. The molecule has 0 saturated heterocycles. The van der Waals surface area contributed by atoms with Crippen LogP contribution in [0.2, 0.25) is 10.0 Å². The largest absolute Gasteiger partial charge is 0.385 e. The van der Waals surface area contributed by atoms with Gasteiger partial charge in [0.2, 0.25) is 5.91 Å². The van der Waals surface area contributed by atoms with E-state index < -0.39 is 6.04 Å². The minimum Gasteiger partial charge on any atom is -0.385 e. The van der Waals surface area contributed by atoms with Crippen molar-refractivity contribution in [2.24, 2.45) is 5.73 Å². The second-order valence-electron chi connectivity index (χ2n) is 4.67. The predicted molar refractivity (Wildman–Crippen MR) is 82.0 cm³/mol. The number of likely N-dealkylation sites (N-methyl/N-ethyl adjacent to an activating group) is 1. The molecule has 112 valence electrons. The van der Waals surface area contributed by atoms with Gasteiger partial charge in [0, 0.05) is 37.4 Å². The maximum absolute atomic E-state index is 12.1. The number of carbonyl (C=O) groups is 1. The van der Waals surface area contributed by atoms with E-state index >= 15 is 0 Å². The van der Waals surface area contributed by atoms with E-state index in [1.54, 1.807) is 31.2 Å². The van der Waals surface area contributed by atoms with Gasteiger partial charge in [-0.2, -0.15) is 0 Å². The topological polar surface area (TPSA) is 55.6 Å². The number of halogens is 2. The number of amides is 1. The summed E-state index contributed by atoms with van der Waals surface area (Å²) < 4.78 is 4.94. The van der Waals surface area contributed by atoms with Gasteiger partial charge < -0.3 is 15.4 Å². The van der Waals surface area contributed by atoms with Crippen LogP contribution in [0.4, 0.5) is 0 Å². The van der Waals surface area contributed by atoms with Gasteiger partial charge in [0.05, 0.1) is 6.04 Å². The van der Waals surface area contributed by atoms with Gasteiger partial charge in [-0.15, -0.1) is 0 Å². The quantitative estimate of drug-likeness (QED) is 0.786. The van der Waals surface area contributed by atoms with Crippen LogP contribution in [0.15, 0.2) is 18.2 Å². The Morgan fingerprint density at radius 3 is 2.75 bits per heavy atom. The first kappa shape index (κ1) is 17.2. The third-order valence-electron chi connectivity index (χ3n) is 2.98. The van der Waals surface area contributed by atoms with Gasteiger partial charge in [0.15, 0.2) is 0 Å². The fraction of sp³-hybridized carbons (Fsp3) is 0.500. The van der Waals surface area contributed by atoms with Crippen molar-refractivity contribution in [1.29, 1.82) is 0 Å². The van der Waals surface area contributed by atoms with Gasteiger partial charge in [0.1, 0.15) is 0 Å². The van der Waals surface area contributed by atoms with Crippen molar-refractivity contribution >= 4 is 29.1 Å². The highest BCUT2D eigenvalue weighted by Crippen LogP contribution is 2.22. The molecule has 0 aromatic heterocycles. The van der Waals surface area contributed by atoms with E-state index in [9.17, 15) is 4.79 Å². The molecule has 4 nitrogen and oxygen atoms in total. The van der Waals surface area contributed by atoms with Crippen LogP contribution in [0.1, 0.15) is 18.4 Å². The number of nitrogens with zero attached hydrogens (tertiary/aromatic N) is 1. The highest BCUT2D eigenvalue weighted by Gasteiger charge is 2.18. The SMILES string of the molecule is COCCCC(N)C(=O)N(C)Cc1ccc(Cl)cc1Cl. The number of benzene rings is 1. The van der Waals surface area contributed by atoms with Crippen molar-refractivity contribution in [1.82, 2.24) is 4.90 Å². The summed E-state index contributed by atoms with van der Waals surface area (Å²) in [4.78, 5) is 13.7. The molecule has 1 rings (SSSR count). The Labute approximate surface area is 129 Å². The van der Waals surface area contributed by atoms with Gasteiger partial charge in [-0.3, -0.25) is 4.79 Å². The summed E-state index contributed by atoms with van der Waals surface area (Å²) in [6.45, 7) is 1.01. The van der Waals surface area contributed by atoms with Crippen LogP contribution in [-0.4, -0.2) is 37.6 Å². The van der Waals surface area contributed by atoms with Crippen molar-refractivity contribution < 1.29 is 9.53 Å². The highest BCUT2D eigenvalue weighted by atomic mass is 35.5. The molecule has 0 aliphatic rings. The number of ether oxygens (including phenoxy) is 1. The molecule has 20 heavy (non-hydrogen) atoms. The molecule has 1 aromatic carbocycles. The molecule has 0 heterocycles. The molecule has 0 spiro atoms. The van der Waals surface area contributed by atoms with E-state index in [-0.39, 0.29) is 5.91 Å². The van der Waals surface area contributed by atoms with E-state index in [1.807, 2.05) is 6.07 Å². The first-order valence-corrected chi connectivity index (χ1v) is 7.14. The summed E-state index contributed by atoms with van der Waals surface area (Å²) in [5.41, 5.74) is 6.72. The Morgan fingerprint density at radius 1 is 1.45 bits per heavy atom. The first-order valence-electron chi connectivity index (χ1n) is 6.39. The lowest BCUT2D eigenvalue weighted by atomic mass is 10.1. The molecule has 0 bridgehead atoms. The van der Waals surface area contributed by atoms with Gasteiger partial charge in [-0.05, 0) is 30.5 Å². The number of carbonyl (C=O) groups excluding carboxylic acids is 1. The van der Waals surface area contributed by atoms with Gasteiger partial charge in [-0.25, -0.2) is 0 Å². The monoisotopic (exact) mass is 318 g/mol. The molecule has 1 atom stereocenters. The maximum atomic E-state index is 12.1. The Balaban J connectivity index is 2.56. The van der Waals surface area contributed by atoms with Crippen molar-refractivity contribution in [2.45, 2.75) is 25.4 Å². The van der Waals surface area contributed by atoms with Crippen LogP contribution in [0.25, 0.3) is 0 Å². The number of rotatable bonds is 7. The lowest BCUT2D eigenvalue weighted by molar-refractivity contribution is -0.132. The zero-order valence-electron chi connectivity index (χ0n) is 11.7. The van der Waals surface area contributed by atoms with Crippen LogP contribution < -0.4 is 5.73 Å². The van der Waals surface area contributed by atoms with Crippen LogP contribution in [0.3, 0.4) is 0 Å². The number of hydrogen-bond acceptors (Lipinski definition) is 3. The van der Waals surface area contributed by atoms with Gasteiger partial charge >= 0.3 is 0 Å². The summed E-state index contributed by atoms with van der Waals surface area (Å²) in [5, 5.41) is 1.12. The summed E-state index contributed by atoms with van der Waals surface area (Å²) in [6, 6.07) is 4.71. The molecular weight excluding hydrogens is 299 g/mol. The van der Waals surface area contributed by atoms with E-state index in [0.29, 0.717) is 29.6 Å². The molecule has 0 saturated carbocycles. The van der Waals surface area contributed by atoms with Crippen molar-refractivity contribution in [3.8, 4) is 0 Å². The van der Waals surface area contributed by atoms with Crippen molar-refractivity contribution in [3.63, 3.8) is 0 Å². The number of nitrogens with two attached hydrogens (primary N) is 1. The second kappa shape index (κ2) is 8.47. The van der Waals surface area contributed by atoms with E-state index in [0.717, 1.165) is 12.0 Å². The fourth-order valence-corrected chi connectivity index (χ4v) is 2.31. The molecule has 1 unspecified atom stereocenters. The summed E-state index contributed by atoms with van der Waals surface area (Å²) in [7, 11) is 3.34. The lowest BCUT2D eigenvalue weighted by Crippen LogP contribution is -2.41. The molecule has 0 aliphatic heterocycles. The predicted octanol–water partition coefficient (Wildman–Crippen LogP) is 2.71. The molecule has 0 fully saturated rings. The zero-order valence-corrected chi connectivity index (χ0v) is 13.2. The Hall–Kier alpha value is -0.810. The Morgan fingerprint density at radius 2 is 2.15 bits per heavy atom. The smallest absolute Gasteiger partial charge is 0.239 e. The van der Waals surface area contributed by atoms with Crippen molar-refractivity contribution in [2.75, 3.05) is 20.8 Å².